The first-order valence-electron chi connectivity index (χ1n) is 7.83. The van der Waals surface area contributed by atoms with Gasteiger partial charge in [0.15, 0.2) is 5.11 Å². The van der Waals surface area contributed by atoms with E-state index < -0.39 is 0 Å². The average Bonchev–Trinajstić information content (AvgIpc) is 3.13. The first-order chi connectivity index (χ1) is 13.0. The van der Waals surface area contributed by atoms with Crippen LogP contribution in [-0.4, -0.2) is 16.1 Å². The Balaban J connectivity index is 1.64. The van der Waals surface area contributed by atoms with Crippen molar-refractivity contribution in [3.05, 3.63) is 74.5 Å². The SMILES string of the molecule is O=C(NC(=S)Nc1ccc(-c2ccc(CO)o2)cc1)c1cc(I)ccc1Cl. The van der Waals surface area contributed by atoms with Crippen molar-refractivity contribution in [2.75, 3.05) is 5.32 Å². The number of halogens is 2. The second kappa shape index (κ2) is 8.83. The Morgan fingerprint density at radius 3 is 2.56 bits per heavy atom. The Hall–Kier alpha value is -1.94. The molecule has 0 saturated heterocycles. The summed E-state index contributed by atoms with van der Waals surface area (Å²) in [7, 11) is 0. The molecule has 1 amide bonds. The maximum absolute atomic E-state index is 12.3. The fraction of sp³-hybridized carbons (Fsp3) is 0.0526. The largest absolute Gasteiger partial charge is 0.459 e. The summed E-state index contributed by atoms with van der Waals surface area (Å²) >= 11 is 13.4. The van der Waals surface area contributed by atoms with Crippen molar-refractivity contribution >= 4 is 63.1 Å². The number of aliphatic hydroxyl groups is 1. The number of thiocarbonyl (C=S) groups is 1. The van der Waals surface area contributed by atoms with E-state index in [9.17, 15) is 4.79 Å². The molecule has 0 aliphatic heterocycles. The van der Waals surface area contributed by atoms with Crippen molar-refractivity contribution in [2.24, 2.45) is 0 Å². The lowest BCUT2D eigenvalue weighted by Gasteiger charge is -2.11. The van der Waals surface area contributed by atoms with Crippen LogP contribution < -0.4 is 10.6 Å². The Bertz CT molecular complexity index is 989. The molecule has 1 aromatic heterocycles. The van der Waals surface area contributed by atoms with E-state index in [0.717, 1.165) is 9.13 Å². The van der Waals surface area contributed by atoms with Gasteiger partial charge in [-0.3, -0.25) is 10.1 Å². The summed E-state index contributed by atoms with van der Waals surface area (Å²) in [6, 6.07) is 16.0. The number of aliphatic hydroxyl groups excluding tert-OH is 1. The Morgan fingerprint density at radius 1 is 1.15 bits per heavy atom. The minimum Gasteiger partial charge on any atom is -0.459 e. The third-order valence-corrected chi connectivity index (χ3v) is 4.85. The van der Waals surface area contributed by atoms with E-state index in [-0.39, 0.29) is 17.6 Å². The molecule has 0 bridgehead atoms. The van der Waals surface area contributed by atoms with Crippen LogP contribution in [0.2, 0.25) is 5.02 Å². The van der Waals surface area contributed by atoms with Gasteiger partial charge in [0.1, 0.15) is 18.1 Å². The van der Waals surface area contributed by atoms with Crippen LogP contribution in [0.3, 0.4) is 0 Å². The van der Waals surface area contributed by atoms with Crippen LogP contribution in [-0.2, 0) is 6.61 Å². The van der Waals surface area contributed by atoms with E-state index in [1.807, 2.05) is 30.3 Å². The van der Waals surface area contributed by atoms with Gasteiger partial charge in [0.25, 0.3) is 5.91 Å². The highest BCUT2D eigenvalue weighted by Gasteiger charge is 2.12. The number of carbonyl (C=O) groups excluding carboxylic acids is 1. The van der Waals surface area contributed by atoms with E-state index in [1.54, 1.807) is 24.3 Å². The summed E-state index contributed by atoms with van der Waals surface area (Å²) in [4.78, 5) is 12.3. The van der Waals surface area contributed by atoms with Crippen LogP contribution >= 0.6 is 46.4 Å². The number of amides is 1. The molecule has 0 aliphatic rings. The zero-order valence-corrected chi connectivity index (χ0v) is 17.6. The molecule has 138 valence electrons. The van der Waals surface area contributed by atoms with Crippen LogP contribution in [0.4, 0.5) is 5.69 Å². The summed E-state index contributed by atoms with van der Waals surface area (Å²) in [5, 5.41) is 15.2. The quantitative estimate of drug-likeness (QED) is 0.345. The van der Waals surface area contributed by atoms with Gasteiger partial charge in [-0.05, 0) is 89.4 Å². The van der Waals surface area contributed by atoms with Gasteiger partial charge in [-0.15, -0.1) is 0 Å². The average molecular weight is 513 g/mol. The molecule has 0 atom stereocenters. The fourth-order valence-electron chi connectivity index (χ4n) is 2.34. The summed E-state index contributed by atoms with van der Waals surface area (Å²) < 4.78 is 6.40. The first-order valence-corrected chi connectivity index (χ1v) is 9.70. The number of carbonyl (C=O) groups is 1. The molecule has 1 heterocycles. The van der Waals surface area contributed by atoms with Gasteiger partial charge in [0, 0.05) is 14.8 Å². The van der Waals surface area contributed by atoms with Crippen LogP contribution in [0.15, 0.2) is 59.0 Å². The van der Waals surface area contributed by atoms with Crippen LogP contribution in [0.5, 0.6) is 0 Å². The second-order valence-electron chi connectivity index (χ2n) is 5.53. The minimum atomic E-state index is -0.375. The number of furan rings is 1. The molecule has 8 heteroatoms. The second-order valence-corrected chi connectivity index (χ2v) is 7.59. The van der Waals surface area contributed by atoms with E-state index in [1.165, 1.54) is 0 Å². The van der Waals surface area contributed by atoms with Crippen LogP contribution in [0.25, 0.3) is 11.3 Å². The molecule has 2 aromatic carbocycles. The number of anilines is 1. The molecule has 3 rings (SSSR count). The van der Waals surface area contributed by atoms with Crippen molar-refractivity contribution in [1.82, 2.24) is 5.32 Å². The lowest BCUT2D eigenvalue weighted by Crippen LogP contribution is -2.34. The molecule has 0 radical (unpaired) electrons. The molecule has 27 heavy (non-hydrogen) atoms. The van der Waals surface area contributed by atoms with E-state index in [2.05, 4.69) is 33.2 Å². The zero-order valence-electron chi connectivity index (χ0n) is 13.8. The number of benzene rings is 2. The van der Waals surface area contributed by atoms with Crippen LogP contribution in [0.1, 0.15) is 16.1 Å². The lowest BCUT2D eigenvalue weighted by atomic mass is 10.1. The minimum absolute atomic E-state index is 0.141. The topological polar surface area (TPSA) is 74.5 Å². The van der Waals surface area contributed by atoms with E-state index in [0.29, 0.717) is 27.8 Å². The maximum Gasteiger partial charge on any atom is 0.258 e. The van der Waals surface area contributed by atoms with E-state index >= 15 is 0 Å². The van der Waals surface area contributed by atoms with Crippen LogP contribution in [0, 0.1) is 3.57 Å². The van der Waals surface area contributed by atoms with Gasteiger partial charge in [-0.2, -0.15) is 0 Å². The molecule has 0 aliphatic carbocycles. The predicted molar refractivity (Wildman–Crippen MR) is 118 cm³/mol. The van der Waals surface area contributed by atoms with Crippen molar-refractivity contribution in [1.29, 1.82) is 0 Å². The van der Waals surface area contributed by atoms with E-state index in [4.69, 9.17) is 33.3 Å². The predicted octanol–water partition coefficient (Wildman–Crippen LogP) is 4.82. The smallest absolute Gasteiger partial charge is 0.258 e. The summed E-state index contributed by atoms with van der Waals surface area (Å²) in [6.45, 7) is -0.141. The number of hydrogen-bond acceptors (Lipinski definition) is 4. The molecular weight excluding hydrogens is 499 g/mol. The monoisotopic (exact) mass is 512 g/mol. The highest BCUT2D eigenvalue weighted by Crippen LogP contribution is 2.24. The van der Waals surface area contributed by atoms with Gasteiger partial charge in [-0.1, -0.05) is 11.6 Å². The number of rotatable bonds is 4. The van der Waals surface area contributed by atoms with Crippen molar-refractivity contribution in [2.45, 2.75) is 6.61 Å². The zero-order chi connectivity index (χ0) is 19.4. The Kier molecular flexibility index (Phi) is 6.48. The third-order valence-electron chi connectivity index (χ3n) is 3.64. The van der Waals surface area contributed by atoms with Crippen molar-refractivity contribution in [3.8, 4) is 11.3 Å². The van der Waals surface area contributed by atoms with Gasteiger partial charge >= 0.3 is 0 Å². The summed E-state index contributed by atoms with van der Waals surface area (Å²) in [5.74, 6) is 0.792. The lowest BCUT2D eigenvalue weighted by molar-refractivity contribution is 0.0978. The number of nitrogens with one attached hydrogen (secondary N) is 2. The van der Waals surface area contributed by atoms with Crippen molar-refractivity contribution in [3.63, 3.8) is 0 Å². The highest BCUT2D eigenvalue weighted by molar-refractivity contribution is 14.1. The summed E-state index contributed by atoms with van der Waals surface area (Å²) in [6.07, 6.45) is 0. The summed E-state index contributed by atoms with van der Waals surface area (Å²) in [5.41, 5.74) is 1.94. The van der Waals surface area contributed by atoms with Crippen molar-refractivity contribution < 1.29 is 14.3 Å². The molecule has 5 nitrogen and oxygen atoms in total. The fourth-order valence-corrected chi connectivity index (χ4v) is 3.25. The Morgan fingerprint density at radius 2 is 1.89 bits per heavy atom. The maximum atomic E-state index is 12.3. The molecular formula is C19H14ClIN2O3S. The first kappa shape index (κ1) is 19.8. The number of hydrogen-bond donors (Lipinski definition) is 3. The Labute approximate surface area is 179 Å². The van der Waals surface area contributed by atoms with Gasteiger partial charge in [0.05, 0.1) is 10.6 Å². The van der Waals surface area contributed by atoms with Gasteiger partial charge < -0.3 is 14.8 Å². The third kappa shape index (κ3) is 5.07. The molecule has 0 saturated carbocycles. The molecule has 0 fully saturated rings. The van der Waals surface area contributed by atoms with Gasteiger partial charge in [-0.25, -0.2) is 0 Å². The molecule has 0 unspecified atom stereocenters. The standard InChI is InChI=1S/C19H14ClIN2O3S/c20-16-7-3-12(21)9-15(16)18(25)23-19(27)22-13-4-1-11(2-5-13)17-8-6-14(10-24)26-17/h1-9,24H,10H2,(H2,22,23,25,27). The molecule has 0 spiro atoms. The normalized spacial score (nSPS) is 10.5. The highest BCUT2D eigenvalue weighted by atomic mass is 127. The molecule has 3 N–H and O–H groups in total. The molecule has 3 aromatic rings. The van der Waals surface area contributed by atoms with Gasteiger partial charge in [0.2, 0.25) is 0 Å².